The van der Waals surface area contributed by atoms with Crippen molar-refractivity contribution in [3.05, 3.63) is 114 Å². The highest BCUT2D eigenvalue weighted by Gasteiger charge is 2.48. The molecule has 166 valence electrons. The number of phenols is 1. The van der Waals surface area contributed by atoms with Gasteiger partial charge in [0.15, 0.2) is 0 Å². The van der Waals surface area contributed by atoms with Gasteiger partial charge in [-0.25, -0.2) is 0 Å². The lowest BCUT2D eigenvalue weighted by molar-refractivity contribution is -0.144. The van der Waals surface area contributed by atoms with Crippen LogP contribution in [0.2, 0.25) is 0 Å². The smallest absolute Gasteiger partial charge is 0.309 e. The van der Waals surface area contributed by atoms with E-state index in [1.54, 1.807) is 36.4 Å². The Balaban J connectivity index is 1.87. The maximum Gasteiger partial charge on any atom is 0.309 e. The van der Waals surface area contributed by atoms with Crippen molar-refractivity contribution >= 4 is 17.2 Å². The highest BCUT2D eigenvalue weighted by molar-refractivity contribution is 5.80. The van der Waals surface area contributed by atoms with E-state index >= 15 is 0 Å². The zero-order valence-electron chi connectivity index (χ0n) is 17.8. The van der Waals surface area contributed by atoms with E-state index in [-0.39, 0.29) is 17.9 Å². The van der Waals surface area contributed by atoms with Gasteiger partial charge in [-0.2, -0.15) is 10.2 Å². The van der Waals surface area contributed by atoms with Crippen LogP contribution in [-0.4, -0.2) is 32.9 Å². The molecule has 0 heterocycles. The molecule has 0 spiro atoms. The number of aromatic hydroxyl groups is 1. The molecule has 4 rings (SSSR count). The number of nitrogens with zero attached hydrogens (tertiary/aromatic N) is 2. The quantitative estimate of drug-likeness (QED) is 0.441. The van der Waals surface area contributed by atoms with E-state index in [1.165, 1.54) is 6.07 Å². The summed E-state index contributed by atoms with van der Waals surface area (Å²) < 4.78 is 0. The molecule has 0 bridgehead atoms. The Bertz CT molecular complexity index is 1210. The van der Waals surface area contributed by atoms with E-state index in [9.17, 15) is 20.1 Å². The average molecular weight is 440 g/mol. The molecule has 6 heteroatoms. The number of aliphatic hydroxyl groups is 1. The second-order valence-electron chi connectivity index (χ2n) is 7.93. The molecule has 1 aliphatic rings. The number of aliphatic carboxylic acids is 1. The van der Waals surface area contributed by atoms with Gasteiger partial charge in [-0.05, 0) is 41.3 Å². The number of hydrogen-bond donors (Lipinski definition) is 3. The van der Waals surface area contributed by atoms with E-state index in [0.717, 1.165) is 16.7 Å². The Morgan fingerprint density at radius 1 is 0.939 bits per heavy atom. The molecule has 0 amide bonds. The lowest BCUT2D eigenvalue weighted by Gasteiger charge is -2.37. The van der Waals surface area contributed by atoms with Crippen LogP contribution in [0.1, 0.15) is 11.1 Å². The Kier molecular flexibility index (Phi) is 6.47. The van der Waals surface area contributed by atoms with Gasteiger partial charge in [0.25, 0.3) is 0 Å². The molecule has 6 nitrogen and oxygen atoms in total. The highest BCUT2D eigenvalue weighted by Crippen LogP contribution is 2.40. The number of rotatable bonds is 7. The summed E-state index contributed by atoms with van der Waals surface area (Å²) >= 11 is 0. The van der Waals surface area contributed by atoms with Crippen LogP contribution in [0.3, 0.4) is 0 Å². The lowest BCUT2D eigenvalue weighted by Crippen LogP contribution is -2.50. The maximum atomic E-state index is 12.6. The predicted molar refractivity (Wildman–Crippen MR) is 126 cm³/mol. The van der Waals surface area contributed by atoms with Crippen LogP contribution in [0.25, 0.3) is 5.57 Å². The van der Waals surface area contributed by atoms with Crippen LogP contribution in [0.15, 0.2) is 113 Å². The first kappa shape index (κ1) is 22.2. The third-order valence-corrected chi connectivity index (χ3v) is 5.78. The number of phenolic OH excluding ortho intramolecular Hbond substituents is 1. The summed E-state index contributed by atoms with van der Waals surface area (Å²) in [6.45, 7) is 0. The van der Waals surface area contributed by atoms with Crippen LogP contribution >= 0.6 is 0 Å². The first-order chi connectivity index (χ1) is 16.0. The van der Waals surface area contributed by atoms with E-state index in [1.807, 2.05) is 60.7 Å². The van der Waals surface area contributed by atoms with Gasteiger partial charge < -0.3 is 15.3 Å². The summed E-state index contributed by atoms with van der Waals surface area (Å²) in [4.78, 5) is 12.6. The van der Waals surface area contributed by atoms with Gasteiger partial charge in [-0.3, -0.25) is 4.79 Å². The number of aliphatic hydroxyl groups excluding tert-OH is 1. The van der Waals surface area contributed by atoms with Crippen molar-refractivity contribution in [3.8, 4) is 5.75 Å². The molecule has 0 saturated carbocycles. The van der Waals surface area contributed by atoms with E-state index in [0.29, 0.717) is 0 Å². The van der Waals surface area contributed by atoms with Crippen LogP contribution in [-0.2, 0) is 11.2 Å². The van der Waals surface area contributed by atoms with Crippen molar-refractivity contribution < 1.29 is 20.1 Å². The summed E-state index contributed by atoms with van der Waals surface area (Å²) in [5, 5.41) is 40.1. The zero-order valence-corrected chi connectivity index (χ0v) is 17.8. The fourth-order valence-corrected chi connectivity index (χ4v) is 3.99. The summed E-state index contributed by atoms with van der Waals surface area (Å²) in [5.74, 6) is -2.30. The molecule has 0 fully saturated rings. The number of azo groups is 1. The minimum absolute atomic E-state index is 0.0839. The number of carboxylic acid groups (broad SMARTS) is 1. The van der Waals surface area contributed by atoms with Gasteiger partial charge in [0, 0.05) is 0 Å². The SMILES string of the molecule is O=C(O)C(Cc1ccccc1)C1(N=Nc2ccccc2O)C=C(c2ccccc2)C=CC1O. The molecule has 3 aromatic rings. The van der Waals surface area contributed by atoms with Gasteiger partial charge in [0.1, 0.15) is 23.1 Å². The molecule has 0 radical (unpaired) electrons. The van der Waals surface area contributed by atoms with Gasteiger partial charge in [0.2, 0.25) is 0 Å². The second-order valence-corrected chi connectivity index (χ2v) is 7.93. The first-order valence-electron chi connectivity index (χ1n) is 10.6. The highest BCUT2D eigenvalue weighted by atomic mass is 16.4. The molecule has 3 unspecified atom stereocenters. The molecule has 3 atom stereocenters. The third kappa shape index (κ3) is 4.76. The van der Waals surface area contributed by atoms with Crippen molar-refractivity contribution in [2.75, 3.05) is 0 Å². The summed E-state index contributed by atoms with van der Waals surface area (Å²) in [6, 6.07) is 25.1. The monoisotopic (exact) mass is 440 g/mol. The first-order valence-corrected chi connectivity index (χ1v) is 10.6. The number of allylic oxidation sites excluding steroid dienone is 2. The molecule has 0 saturated heterocycles. The van der Waals surface area contributed by atoms with Crippen LogP contribution in [0.5, 0.6) is 5.75 Å². The van der Waals surface area contributed by atoms with Gasteiger partial charge in [-0.15, -0.1) is 0 Å². The Labute approximate surface area is 191 Å². The molecule has 1 aliphatic carbocycles. The molecular weight excluding hydrogens is 416 g/mol. The number of carbonyl (C=O) groups is 1. The average Bonchev–Trinajstić information content (AvgIpc) is 2.84. The minimum Gasteiger partial charge on any atom is -0.506 e. The van der Waals surface area contributed by atoms with Gasteiger partial charge in [-0.1, -0.05) is 84.9 Å². The Morgan fingerprint density at radius 3 is 2.24 bits per heavy atom. The Morgan fingerprint density at radius 2 is 1.58 bits per heavy atom. The molecule has 0 aromatic heterocycles. The zero-order chi connectivity index (χ0) is 23.3. The van der Waals surface area contributed by atoms with Crippen LogP contribution in [0, 0.1) is 5.92 Å². The fourth-order valence-electron chi connectivity index (χ4n) is 3.99. The van der Waals surface area contributed by atoms with Crippen molar-refractivity contribution in [1.82, 2.24) is 0 Å². The summed E-state index contributed by atoms with van der Waals surface area (Å²) in [6.07, 6.45) is 3.89. The predicted octanol–water partition coefficient (Wildman–Crippen LogP) is 5.17. The van der Waals surface area contributed by atoms with Gasteiger partial charge in [0.05, 0.1) is 5.92 Å². The molecule has 3 aromatic carbocycles. The molecular formula is C27H24N2O4. The number of benzene rings is 3. The number of hydrogen-bond acceptors (Lipinski definition) is 5. The van der Waals surface area contributed by atoms with Crippen molar-refractivity contribution in [3.63, 3.8) is 0 Å². The van der Waals surface area contributed by atoms with Crippen molar-refractivity contribution in [2.24, 2.45) is 16.1 Å². The minimum atomic E-state index is -1.59. The number of carboxylic acids is 1. The maximum absolute atomic E-state index is 12.6. The van der Waals surface area contributed by atoms with E-state index in [2.05, 4.69) is 10.2 Å². The van der Waals surface area contributed by atoms with Crippen LogP contribution in [0.4, 0.5) is 5.69 Å². The van der Waals surface area contributed by atoms with Crippen LogP contribution < -0.4 is 0 Å². The second kappa shape index (κ2) is 9.63. The van der Waals surface area contributed by atoms with Crippen molar-refractivity contribution in [2.45, 2.75) is 18.1 Å². The summed E-state index contributed by atoms with van der Waals surface area (Å²) in [5.41, 5.74) is 1.00. The lowest BCUT2D eigenvalue weighted by atomic mass is 9.72. The number of para-hydroxylation sites is 1. The standard InChI is InChI=1S/C27H24N2O4/c30-24-14-8-7-13-23(24)28-29-27(22(26(32)33)17-19-9-3-1-4-10-19)18-21(15-16-25(27)31)20-11-5-2-6-12-20/h1-16,18,22,25,30-31H,17H2,(H,32,33). The largest absolute Gasteiger partial charge is 0.506 e. The van der Waals surface area contributed by atoms with E-state index in [4.69, 9.17) is 0 Å². The topological polar surface area (TPSA) is 102 Å². The summed E-state index contributed by atoms with van der Waals surface area (Å²) in [7, 11) is 0. The Hall–Kier alpha value is -4.03. The fraction of sp³-hybridized carbons (Fsp3) is 0.148. The van der Waals surface area contributed by atoms with Gasteiger partial charge >= 0.3 is 5.97 Å². The van der Waals surface area contributed by atoms with E-state index < -0.39 is 23.5 Å². The molecule has 0 aliphatic heterocycles. The third-order valence-electron chi connectivity index (χ3n) is 5.78. The normalized spacial score (nSPS) is 21.0. The molecule has 33 heavy (non-hydrogen) atoms. The molecule has 3 N–H and O–H groups in total. The van der Waals surface area contributed by atoms with Crippen molar-refractivity contribution in [1.29, 1.82) is 0 Å².